The highest BCUT2D eigenvalue weighted by Crippen LogP contribution is 2.38. The highest BCUT2D eigenvalue weighted by Gasteiger charge is 2.53. The summed E-state index contributed by atoms with van der Waals surface area (Å²) in [5.41, 5.74) is 6.56. The summed E-state index contributed by atoms with van der Waals surface area (Å²) >= 11 is 5.97. The summed E-state index contributed by atoms with van der Waals surface area (Å²) in [4.78, 5) is 37.0. The fourth-order valence-corrected chi connectivity index (χ4v) is 4.15. The molecule has 30 heavy (non-hydrogen) atoms. The lowest BCUT2D eigenvalue weighted by Gasteiger charge is -2.49. The monoisotopic (exact) mass is 458 g/mol. The average molecular weight is 459 g/mol. The van der Waals surface area contributed by atoms with Crippen LogP contribution in [-0.4, -0.2) is 54.7 Å². The molecule has 0 radical (unpaired) electrons. The van der Waals surface area contributed by atoms with Gasteiger partial charge in [-0.3, -0.25) is 19.2 Å². The molecule has 0 bridgehead atoms. The van der Waals surface area contributed by atoms with Gasteiger partial charge in [-0.05, 0) is 30.5 Å². The summed E-state index contributed by atoms with van der Waals surface area (Å²) in [6.07, 6.45) is 0.0861. The third-order valence-electron chi connectivity index (χ3n) is 4.64. The number of carboxylic acid groups (broad SMARTS) is 1. The van der Waals surface area contributed by atoms with Gasteiger partial charge in [0.2, 0.25) is 21.8 Å². The van der Waals surface area contributed by atoms with Gasteiger partial charge in [0.1, 0.15) is 12.1 Å². The Balaban J connectivity index is 1.70. The van der Waals surface area contributed by atoms with Crippen molar-refractivity contribution in [3.8, 4) is 0 Å². The number of anilines is 1. The maximum Gasteiger partial charge on any atom is 0.512 e. The van der Waals surface area contributed by atoms with E-state index in [0.29, 0.717) is 12.0 Å². The van der Waals surface area contributed by atoms with Crippen LogP contribution in [0.25, 0.3) is 0 Å². The Morgan fingerprint density at radius 1 is 1.40 bits per heavy atom. The molecule has 2 aliphatic heterocycles. The third kappa shape index (κ3) is 4.50. The molecular formula is C17H19ClN4O7S. The van der Waals surface area contributed by atoms with E-state index in [2.05, 4.69) is 14.8 Å². The van der Waals surface area contributed by atoms with Crippen LogP contribution in [0.2, 0.25) is 0 Å². The average Bonchev–Trinajstić information content (AvgIpc) is 2.65. The number of hydrogen-bond acceptors (Lipinski definition) is 7. The minimum atomic E-state index is -3.50. The number of fused-ring (bicyclic) bond motifs is 1. The Bertz CT molecular complexity index is 1040. The standard InChI is InChI=1S/C17H19ClN4O7S/c1-30(27,28)21-9-4-2-3-8(7-9)12(19)14(23)20-13-11-6-5-10(18)16(29-17(25)26)22(11)15(13)24/h2-4,7,11-13,21H,5-6,19H2,1H3,(H,20,23)(H,25,26). The van der Waals surface area contributed by atoms with Gasteiger partial charge in [-0.1, -0.05) is 23.7 Å². The second-order valence-corrected chi connectivity index (χ2v) is 9.06. The Hall–Kier alpha value is -2.83. The lowest BCUT2D eigenvalue weighted by Crippen LogP contribution is -2.71. The zero-order chi connectivity index (χ0) is 22.2. The van der Waals surface area contributed by atoms with Crippen molar-refractivity contribution in [1.29, 1.82) is 0 Å². The number of nitrogens with one attached hydrogen (secondary N) is 2. The van der Waals surface area contributed by atoms with Crippen molar-refractivity contribution in [2.75, 3.05) is 11.0 Å². The van der Waals surface area contributed by atoms with E-state index < -0.39 is 46.1 Å². The summed E-state index contributed by atoms with van der Waals surface area (Å²) in [6.45, 7) is 0. The molecule has 3 rings (SSSR count). The number of ether oxygens (including phenoxy) is 1. The van der Waals surface area contributed by atoms with Crippen LogP contribution >= 0.6 is 11.6 Å². The molecule has 0 aromatic heterocycles. The molecule has 3 atom stereocenters. The number of amides is 2. The molecule has 11 nitrogen and oxygen atoms in total. The zero-order valence-electron chi connectivity index (χ0n) is 15.7. The van der Waals surface area contributed by atoms with Gasteiger partial charge in [0.25, 0.3) is 5.91 Å². The number of β-lactam (4-membered cyclic amide) rings is 1. The highest BCUT2D eigenvalue weighted by molar-refractivity contribution is 7.92. The zero-order valence-corrected chi connectivity index (χ0v) is 17.2. The minimum Gasteiger partial charge on any atom is -0.449 e. The number of nitrogens with zero attached hydrogens (tertiary/aromatic N) is 1. The Morgan fingerprint density at radius 3 is 2.73 bits per heavy atom. The summed E-state index contributed by atoms with van der Waals surface area (Å²) in [6, 6.07) is 3.43. The number of carbonyl (C=O) groups is 3. The van der Waals surface area contributed by atoms with E-state index in [1.807, 2.05) is 0 Å². The van der Waals surface area contributed by atoms with E-state index in [1.165, 1.54) is 18.2 Å². The molecule has 13 heteroatoms. The topological polar surface area (TPSA) is 168 Å². The van der Waals surface area contributed by atoms with Crippen molar-refractivity contribution in [2.45, 2.75) is 31.0 Å². The number of sulfonamides is 1. The van der Waals surface area contributed by atoms with E-state index in [9.17, 15) is 22.8 Å². The first kappa shape index (κ1) is 21.9. The molecule has 1 aromatic rings. The molecule has 0 saturated carbocycles. The van der Waals surface area contributed by atoms with Crippen LogP contribution in [0.15, 0.2) is 35.2 Å². The molecular weight excluding hydrogens is 440 g/mol. The summed E-state index contributed by atoms with van der Waals surface area (Å²) in [7, 11) is -3.50. The molecule has 3 unspecified atom stereocenters. The van der Waals surface area contributed by atoms with Crippen LogP contribution in [0.5, 0.6) is 0 Å². The Morgan fingerprint density at radius 2 is 2.10 bits per heavy atom. The van der Waals surface area contributed by atoms with Gasteiger partial charge >= 0.3 is 6.16 Å². The predicted octanol–water partition coefficient (Wildman–Crippen LogP) is 0.650. The van der Waals surface area contributed by atoms with Crippen molar-refractivity contribution in [3.05, 3.63) is 40.7 Å². The molecule has 2 aliphatic rings. The summed E-state index contributed by atoms with van der Waals surface area (Å²) < 4.78 is 29.6. The van der Waals surface area contributed by atoms with Gasteiger partial charge in [-0.15, -0.1) is 0 Å². The van der Waals surface area contributed by atoms with Crippen LogP contribution < -0.4 is 15.8 Å². The van der Waals surface area contributed by atoms with Crippen molar-refractivity contribution in [3.63, 3.8) is 0 Å². The minimum absolute atomic E-state index is 0.110. The van der Waals surface area contributed by atoms with E-state index in [0.717, 1.165) is 11.2 Å². The summed E-state index contributed by atoms with van der Waals surface area (Å²) in [5.74, 6) is -1.47. The second-order valence-electron chi connectivity index (χ2n) is 6.86. The number of nitrogens with two attached hydrogens (primary N) is 1. The Labute approximate surface area is 176 Å². The Kier molecular flexibility index (Phi) is 5.92. The first-order valence-corrected chi connectivity index (χ1v) is 11.0. The predicted molar refractivity (Wildman–Crippen MR) is 106 cm³/mol. The van der Waals surface area contributed by atoms with Crippen molar-refractivity contribution < 1.29 is 32.6 Å². The van der Waals surface area contributed by atoms with Crippen molar-refractivity contribution in [1.82, 2.24) is 10.2 Å². The molecule has 1 aromatic carbocycles. The largest absolute Gasteiger partial charge is 0.512 e. The molecule has 0 spiro atoms. The van der Waals surface area contributed by atoms with E-state index in [4.69, 9.17) is 22.4 Å². The van der Waals surface area contributed by atoms with E-state index in [-0.39, 0.29) is 23.0 Å². The molecule has 1 fully saturated rings. The van der Waals surface area contributed by atoms with Gasteiger partial charge in [-0.25, -0.2) is 13.2 Å². The number of hydrogen-bond donors (Lipinski definition) is 4. The maximum atomic E-state index is 12.6. The summed E-state index contributed by atoms with van der Waals surface area (Å²) in [5, 5.41) is 11.5. The van der Waals surface area contributed by atoms with Gasteiger partial charge in [0.05, 0.1) is 17.3 Å². The van der Waals surface area contributed by atoms with Gasteiger partial charge in [-0.2, -0.15) is 0 Å². The molecule has 1 saturated heterocycles. The highest BCUT2D eigenvalue weighted by atomic mass is 35.5. The second kappa shape index (κ2) is 8.13. The van der Waals surface area contributed by atoms with Crippen LogP contribution in [0.4, 0.5) is 10.5 Å². The molecule has 162 valence electrons. The van der Waals surface area contributed by atoms with E-state index in [1.54, 1.807) is 6.07 Å². The van der Waals surface area contributed by atoms with E-state index >= 15 is 0 Å². The first-order valence-electron chi connectivity index (χ1n) is 8.74. The normalized spacial score (nSPS) is 22.0. The lowest BCUT2D eigenvalue weighted by molar-refractivity contribution is -0.155. The number of rotatable bonds is 6. The van der Waals surface area contributed by atoms with Crippen molar-refractivity contribution >= 4 is 45.3 Å². The van der Waals surface area contributed by atoms with Gasteiger partial charge < -0.3 is 20.9 Å². The SMILES string of the molecule is CS(=O)(=O)Nc1cccc(C(N)C(=O)NC2C(=O)N3C(OC(=O)O)=C(Cl)CCC23)c1. The molecule has 0 aliphatic carbocycles. The van der Waals surface area contributed by atoms with Gasteiger partial charge in [0, 0.05) is 5.69 Å². The van der Waals surface area contributed by atoms with Crippen LogP contribution in [0, 0.1) is 0 Å². The molecule has 2 heterocycles. The van der Waals surface area contributed by atoms with Crippen molar-refractivity contribution in [2.24, 2.45) is 5.73 Å². The number of allylic oxidation sites excluding steroid dienone is 1. The first-order chi connectivity index (χ1) is 14.0. The number of halogens is 1. The van der Waals surface area contributed by atoms with Gasteiger partial charge in [0.15, 0.2) is 0 Å². The molecule has 5 N–H and O–H groups in total. The molecule has 2 amide bonds. The van der Waals surface area contributed by atoms with Crippen LogP contribution in [0.1, 0.15) is 24.4 Å². The fourth-order valence-electron chi connectivity index (χ4n) is 3.35. The fraction of sp³-hybridized carbons (Fsp3) is 0.353. The smallest absolute Gasteiger partial charge is 0.449 e. The maximum absolute atomic E-state index is 12.6. The quantitative estimate of drug-likeness (QED) is 0.355. The lowest BCUT2D eigenvalue weighted by atomic mass is 9.88. The van der Waals surface area contributed by atoms with Crippen LogP contribution in [-0.2, 0) is 24.3 Å². The third-order valence-corrected chi connectivity index (χ3v) is 5.60. The number of benzene rings is 1. The number of carbonyl (C=O) groups excluding carboxylic acids is 2. The van der Waals surface area contributed by atoms with Crippen LogP contribution in [0.3, 0.4) is 0 Å².